The van der Waals surface area contributed by atoms with Crippen LogP contribution in [-0.2, 0) is 20.9 Å². The molecule has 0 bridgehead atoms. The summed E-state index contributed by atoms with van der Waals surface area (Å²) in [5, 5.41) is 9.13. The van der Waals surface area contributed by atoms with Crippen LogP contribution in [0.5, 0.6) is 0 Å². The zero-order chi connectivity index (χ0) is 19.6. The standard InChI is InChI=1S/C19H23N3O5/c1-20(11-17(24)21-8-4-6-14(10-21)19(26)27)16(23)12-22-9-13-5-2-3-7-15(13)18(22)25/h2-3,5,7,14H,4,6,8-12H2,1H3,(H,26,27). The molecule has 0 spiro atoms. The van der Waals surface area contributed by atoms with Crippen LogP contribution in [0.3, 0.4) is 0 Å². The number of aliphatic carboxylic acids is 1. The first-order valence-corrected chi connectivity index (χ1v) is 8.98. The van der Waals surface area contributed by atoms with E-state index in [0.717, 1.165) is 5.56 Å². The quantitative estimate of drug-likeness (QED) is 0.807. The topological polar surface area (TPSA) is 98.2 Å². The molecular formula is C19H23N3O5. The van der Waals surface area contributed by atoms with Gasteiger partial charge in [-0.2, -0.15) is 0 Å². The van der Waals surface area contributed by atoms with Gasteiger partial charge in [0.2, 0.25) is 11.8 Å². The molecule has 3 amide bonds. The van der Waals surface area contributed by atoms with Gasteiger partial charge in [-0.05, 0) is 24.5 Å². The van der Waals surface area contributed by atoms with Crippen LogP contribution in [0.4, 0.5) is 0 Å². The second kappa shape index (κ2) is 7.77. The molecule has 8 nitrogen and oxygen atoms in total. The van der Waals surface area contributed by atoms with Crippen LogP contribution in [0, 0.1) is 5.92 Å². The minimum atomic E-state index is -0.899. The normalized spacial score (nSPS) is 19.0. The average Bonchev–Trinajstić information content (AvgIpc) is 2.97. The van der Waals surface area contributed by atoms with Gasteiger partial charge >= 0.3 is 5.97 Å². The summed E-state index contributed by atoms with van der Waals surface area (Å²) in [5.41, 5.74) is 1.50. The molecule has 1 N–H and O–H groups in total. The van der Waals surface area contributed by atoms with E-state index >= 15 is 0 Å². The van der Waals surface area contributed by atoms with Gasteiger partial charge in [-0.25, -0.2) is 0 Å². The molecule has 144 valence electrons. The van der Waals surface area contributed by atoms with E-state index in [2.05, 4.69) is 0 Å². The van der Waals surface area contributed by atoms with Crippen molar-refractivity contribution in [2.75, 3.05) is 33.2 Å². The molecule has 0 aromatic heterocycles. The van der Waals surface area contributed by atoms with E-state index < -0.39 is 11.9 Å². The van der Waals surface area contributed by atoms with Crippen LogP contribution < -0.4 is 0 Å². The number of hydrogen-bond acceptors (Lipinski definition) is 4. The number of fused-ring (bicyclic) bond motifs is 1. The Morgan fingerprint density at radius 2 is 2.00 bits per heavy atom. The van der Waals surface area contributed by atoms with Crippen LogP contribution in [0.2, 0.25) is 0 Å². The summed E-state index contributed by atoms with van der Waals surface area (Å²) in [6.07, 6.45) is 1.20. The summed E-state index contributed by atoms with van der Waals surface area (Å²) in [6, 6.07) is 7.24. The van der Waals surface area contributed by atoms with Gasteiger partial charge < -0.3 is 19.8 Å². The molecule has 1 unspecified atom stereocenters. The van der Waals surface area contributed by atoms with Gasteiger partial charge in [-0.15, -0.1) is 0 Å². The zero-order valence-electron chi connectivity index (χ0n) is 15.3. The lowest BCUT2D eigenvalue weighted by molar-refractivity contribution is -0.147. The Bertz CT molecular complexity index is 778. The number of nitrogens with zero attached hydrogens (tertiary/aromatic N) is 3. The van der Waals surface area contributed by atoms with Gasteiger partial charge in [0.25, 0.3) is 5.91 Å². The first kappa shape index (κ1) is 18.9. The lowest BCUT2D eigenvalue weighted by atomic mass is 9.98. The van der Waals surface area contributed by atoms with Gasteiger partial charge in [0.05, 0.1) is 12.5 Å². The Hall–Kier alpha value is -2.90. The maximum atomic E-state index is 12.5. The smallest absolute Gasteiger partial charge is 0.308 e. The Morgan fingerprint density at radius 1 is 1.26 bits per heavy atom. The van der Waals surface area contributed by atoms with Gasteiger partial charge in [0, 0.05) is 32.2 Å². The molecule has 8 heteroatoms. The van der Waals surface area contributed by atoms with E-state index in [1.54, 1.807) is 12.1 Å². The molecule has 3 rings (SSSR count). The molecule has 1 aromatic carbocycles. The highest BCUT2D eigenvalue weighted by atomic mass is 16.4. The fourth-order valence-corrected chi connectivity index (χ4v) is 3.52. The number of carboxylic acids is 1. The second-order valence-corrected chi connectivity index (χ2v) is 7.09. The molecule has 2 aliphatic rings. The van der Waals surface area contributed by atoms with E-state index in [-0.39, 0.29) is 37.4 Å². The van der Waals surface area contributed by atoms with Crippen molar-refractivity contribution in [3.8, 4) is 0 Å². The van der Waals surface area contributed by atoms with Crippen LogP contribution >= 0.6 is 0 Å². The number of carboxylic acid groups (broad SMARTS) is 1. The Labute approximate surface area is 157 Å². The highest BCUT2D eigenvalue weighted by Gasteiger charge is 2.31. The first-order valence-electron chi connectivity index (χ1n) is 8.98. The van der Waals surface area contributed by atoms with Gasteiger partial charge in [0.15, 0.2) is 0 Å². The van der Waals surface area contributed by atoms with Crippen molar-refractivity contribution >= 4 is 23.7 Å². The van der Waals surface area contributed by atoms with E-state index in [9.17, 15) is 19.2 Å². The van der Waals surface area contributed by atoms with Crippen molar-refractivity contribution in [2.45, 2.75) is 19.4 Å². The van der Waals surface area contributed by atoms with Crippen molar-refractivity contribution in [3.05, 3.63) is 35.4 Å². The molecule has 27 heavy (non-hydrogen) atoms. The van der Waals surface area contributed by atoms with Crippen LogP contribution in [0.1, 0.15) is 28.8 Å². The van der Waals surface area contributed by atoms with Gasteiger partial charge in [-0.3, -0.25) is 19.2 Å². The van der Waals surface area contributed by atoms with Crippen molar-refractivity contribution in [1.29, 1.82) is 0 Å². The summed E-state index contributed by atoms with van der Waals surface area (Å²) >= 11 is 0. The van der Waals surface area contributed by atoms with E-state index in [1.165, 1.54) is 21.7 Å². The SMILES string of the molecule is CN(CC(=O)N1CCCC(C(=O)O)C1)C(=O)CN1Cc2ccccc2C1=O. The molecule has 0 saturated carbocycles. The average molecular weight is 373 g/mol. The Balaban J connectivity index is 1.53. The third kappa shape index (κ3) is 4.10. The monoisotopic (exact) mass is 373 g/mol. The molecule has 0 radical (unpaired) electrons. The molecule has 0 aliphatic carbocycles. The third-order valence-corrected chi connectivity index (χ3v) is 5.14. The lowest BCUT2D eigenvalue weighted by Crippen LogP contribution is -2.48. The number of carbonyl (C=O) groups excluding carboxylic acids is 3. The summed E-state index contributed by atoms with van der Waals surface area (Å²) < 4.78 is 0. The number of hydrogen-bond donors (Lipinski definition) is 1. The highest BCUT2D eigenvalue weighted by molar-refractivity contribution is 6.00. The number of piperidine rings is 1. The largest absolute Gasteiger partial charge is 0.481 e. The molecule has 1 saturated heterocycles. The van der Waals surface area contributed by atoms with Crippen LogP contribution in [-0.4, -0.2) is 76.7 Å². The predicted octanol–water partition coefficient (Wildman–Crippen LogP) is 0.424. The van der Waals surface area contributed by atoms with Crippen molar-refractivity contribution < 1.29 is 24.3 Å². The number of likely N-dealkylation sites (N-methyl/N-ethyl adjacent to an activating group) is 1. The number of likely N-dealkylation sites (tertiary alicyclic amines) is 1. The summed E-state index contributed by atoms with van der Waals surface area (Å²) in [7, 11) is 1.52. The van der Waals surface area contributed by atoms with Crippen molar-refractivity contribution in [3.63, 3.8) is 0 Å². The number of amides is 3. The molecule has 1 atom stereocenters. The molecule has 1 aromatic rings. The lowest BCUT2D eigenvalue weighted by Gasteiger charge is -2.32. The van der Waals surface area contributed by atoms with Crippen LogP contribution in [0.15, 0.2) is 24.3 Å². The fourth-order valence-electron chi connectivity index (χ4n) is 3.52. The maximum Gasteiger partial charge on any atom is 0.308 e. The number of rotatable bonds is 5. The zero-order valence-corrected chi connectivity index (χ0v) is 15.3. The molecule has 1 fully saturated rings. The van der Waals surface area contributed by atoms with Crippen molar-refractivity contribution in [2.24, 2.45) is 5.92 Å². The minimum absolute atomic E-state index is 0.0882. The fraction of sp³-hybridized carbons (Fsp3) is 0.474. The molecule has 2 aliphatic heterocycles. The third-order valence-electron chi connectivity index (χ3n) is 5.14. The summed E-state index contributed by atoms with van der Waals surface area (Å²) in [6.45, 7) is 0.852. The van der Waals surface area contributed by atoms with Crippen molar-refractivity contribution in [1.82, 2.24) is 14.7 Å². The second-order valence-electron chi connectivity index (χ2n) is 7.09. The van der Waals surface area contributed by atoms with E-state index in [4.69, 9.17) is 5.11 Å². The minimum Gasteiger partial charge on any atom is -0.481 e. The predicted molar refractivity (Wildman–Crippen MR) is 95.8 cm³/mol. The van der Waals surface area contributed by atoms with Gasteiger partial charge in [0.1, 0.15) is 6.54 Å². The van der Waals surface area contributed by atoms with E-state index in [1.807, 2.05) is 12.1 Å². The number of carbonyl (C=O) groups is 4. The van der Waals surface area contributed by atoms with E-state index in [0.29, 0.717) is 31.5 Å². The number of benzene rings is 1. The first-order chi connectivity index (χ1) is 12.9. The molecular weight excluding hydrogens is 350 g/mol. The van der Waals surface area contributed by atoms with Crippen LogP contribution in [0.25, 0.3) is 0 Å². The summed E-state index contributed by atoms with van der Waals surface area (Å²) in [4.78, 5) is 52.6. The maximum absolute atomic E-state index is 12.5. The Morgan fingerprint density at radius 3 is 2.70 bits per heavy atom. The highest BCUT2D eigenvalue weighted by Crippen LogP contribution is 2.22. The van der Waals surface area contributed by atoms with Gasteiger partial charge in [-0.1, -0.05) is 18.2 Å². The summed E-state index contributed by atoms with van der Waals surface area (Å²) in [5.74, 6) is -2.23. The molecule has 2 heterocycles. The Kier molecular flexibility index (Phi) is 5.43.